The Morgan fingerprint density at radius 1 is 1.30 bits per heavy atom. The fourth-order valence-corrected chi connectivity index (χ4v) is 2.27. The number of halogens is 2. The van der Waals surface area contributed by atoms with Crippen LogP contribution in [0.25, 0.3) is 0 Å². The minimum absolute atomic E-state index is 0.188. The average molecular weight is 360 g/mol. The van der Waals surface area contributed by atoms with Crippen molar-refractivity contribution >= 4 is 27.5 Å². The third kappa shape index (κ3) is 3.03. The number of methoxy groups -OCH3 is 2. The third-order valence-corrected chi connectivity index (χ3v) is 3.50. The molecule has 1 N–H and O–H groups in total. The van der Waals surface area contributed by atoms with E-state index in [1.165, 1.54) is 20.4 Å². The van der Waals surface area contributed by atoms with Gasteiger partial charge in [0.2, 0.25) is 11.8 Å². The van der Waals surface area contributed by atoms with E-state index in [-0.39, 0.29) is 11.6 Å². The molecule has 1 atom stereocenters. The molecule has 5 nitrogen and oxygen atoms in total. The van der Waals surface area contributed by atoms with Crippen LogP contribution in [0.1, 0.15) is 17.4 Å². The predicted octanol–water partition coefficient (Wildman–Crippen LogP) is 2.99. The van der Waals surface area contributed by atoms with E-state index < -0.39 is 6.10 Å². The quantitative estimate of drug-likeness (QED) is 0.909. The van der Waals surface area contributed by atoms with Crippen LogP contribution in [0.4, 0.5) is 0 Å². The third-order valence-electron chi connectivity index (χ3n) is 2.66. The zero-order valence-electron chi connectivity index (χ0n) is 10.8. The Bertz CT molecular complexity index is 625. The molecule has 1 unspecified atom stereocenters. The number of hydrogen-bond donors (Lipinski definition) is 1. The number of aliphatic hydroxyl groups excluding tert-OH is 1. The van der Waals surface area contributed by atoms with E-state index in [4.69, 9.17) is 21.1 Å². The zero-order valence-corrected chi connectivity index (χ0v) is 13.1. The molecule has 0 aliphatic heterocycles. The van der Waals surface area contributed by atoms with Gasteiger partial charge in [0.15, 0.2) is 0 Å². The van der Waals surface area contributed by atoms with E-state index in [1.54, 1.807) is 18.2 Å². The number of benzene rings is 1. The monoisotopic (exact) mass is 358 g/mol. The fraction of sp³-hybridized carbons (Fsp3) is 0.231. The number of nitrogens with zero attached hydrogens (tertiary/aromatic N) is 2. The van der Waals surface area contributed by atoms with Gasteiger partial charge in [-0.2, -0.15) is 4.98 Å². The SMILES string of the molecule is COc1cnc(C(O)c2cc(Br)ccc2Cl)c(OC)n1. The normalized spacial score (nSPS) is 12.1. The molecule has 1 heterocycles. The minimum Gasteiger partial charge on any atom is -0.480 e. The lowest BCUT2D eigenvalue weighted by Crippen LogP contribution is -2.08. The largest absolute Gasteiger partial charge is 0.480 e. The first-order chi connectivity index (χ1) is 9.56. The molecule has 2 aromatic rings. The van der Waals surface area contributed by atoms with Crippen molar-refractivity contribution in [3.8, 4) is 11.8 Å². The van der Waals surface area contributed by atoms with E-state index in [1.807, 2.05) is 0 Å². The maximum atomic E-state index is 10.4. The number of aromatic nitrogens is 2. The fourth-order valence-electron chi connectivity index (χ4n) is 1.67. The molecule has 0 aliphatic carbocycles. The molecule has 0 spiro atoms. The van der Waals surface area contributed by atoms with Gasteiger partial charge in [-0.3, -0.25) is 0 Å². The van der Waals surface area contributed by atoms with Crippen LogP contribution in [0.2, 0.25) is 5.02 Å². The van der Waals surface area contributed by atoms with Crippen molar-refractivity contribution in [1.29, 1.82) is 0 Å². The lowest BCUT2D eigenvalue weighted by atomic mass is 10.1. The van der Waals surface area contributed by atoms with E-state index in [2.05, 4.69) is 25.9 Å². The molecule has 0 radical (unpaired) electrons. The highest BCUT2D eigenvalue weighted by atomic mass is 79.9. The van der Waals surface area contributed by atoms with Gasteiger partial charge in [-0.05, 0) is 18.2 Å². The van der Waals surface area contributed by atoms with E-state index in [0.717, 1.165) is 4.47 Å². The number of aliphatic hydroxyl groups is 1. The first-order valence-corrected chi connectivity index (χ1v) is 6.81. The number of rotatable bonds is 4. The van der Waals surface area contributed by atoms with Crippen molar-refractivity contribution in [2.24, 2.45) is 0 Å². The summed E-state index contributed by atoms with van der Waals surface area (Å²) in [6.07, 6.45) is 0.362. The first-order valence-electron chi connectivity index (χ1n) is 5.64. The summed E-state index contributed by atoms with van der Waals surface area (Å²) in [5.41, 5.74) is 0.784. The van der Waals surface area contributed by atoms with Crippen molar-refractivity contribution in [1.82, 2.24) is 9.97 Å². The molecule has 0 fully saturated rings. The Hall–Kier alpha value is -1.37. The molecular formula is C13H12BrClN2O3. The Morgan fingerprint density at radius 2 is 2.05 bits per heavy atom. The maximum Gasteiger partial charge on any atom is 0.241 e. The zero-order chi connectivity index (χ0) is 14.7. The second kappa shape index (κ2) is 6.39. The topological polar surface area (TPSA) is 64.5 Å². The predicted molar refractivity (Wildman–Crippen MR) is 78.3 cm³/mol. The van der Waals surface area contributed by atoms with Crippen molar-refractivity contribution in [2.45, 2.75) is 6.10 Å². The Labute approximate surface area is 129 Å². The maximum absolute atomic E-state index is 10.4. The molecule has 1 aromatic carbocycles. The second-order valence-corrected chi connectivity index (χ2v) is 5.20. The summed E-state index contributed by atoms with van der Waals surface area (Å²) in [7, 11) is 2.92. The van der Waals surface area contributed by atoms with Crippen molar-refractivity contribution in [2.75, 3.05) is 14.2 Å². The molecule has 0 aliphatic rings. The smallest absolute Gasteiger partial charge is 0.241 e. The molecular weight excluding hydrogens is 348 g/mol. The van der Waals surface area contributed by atoms with Gasteiger partial charge in [0.25, 0.3) is 0 Å². The minimum atomic E-state index is -1.05. The summed E-state index contributed by atoms with van der Waals surface area (Å²) in [5.74, 6) is 0.492. The van der Waals surface area contributed by atoms with Crippen LogP contribution in [0.5, 0.6) is 11.8 Å². The molecule has 7 heteroatoms. The van der Waals surface area contributed by atoms with E-state index in [0.29, 0.717) is 16.5 Å². The molecule has 0 saturated heterocycles. The summed E-state index contributed by atoms with van der Waals surface area (Å²) in [4.78, 5) is 8.22. The summed E-state index contributed by atoms with van der Waals surface area (Å²) in [6, 6.07) is 5.20. The Morgan fingerprint density at radius 3 is 2.70 bits per heavy atom. The van der Waals surface area contributed by atoms with Gasteiger partial charge in [-0.1, -0.05) is 27.5 Å². The lowest BCUT2D eigenvalue weighted by Gasteiger charge is -2.15. The van der Waals surface area contributed by atoms with Gasteiger partial charge < -0.3 is 14.6 Å². The van der Waals surface area contributed by atoms with E-state index >= 15 is 0 Å². The summed E-state index contributed by atoms with van der Waals surface area (Å²) < 4.78 is 10.9. The van der Waals surface area contributed by atoms with Gasteiger partial charge in [0.05, 0.1) is 20.4 Å². The molecule has 0 amide bonds. The van der Waals surface area contributed by atoms with Crippen LogP contribution in [-0.2, 0) is 0 Å². The van der Waals surface area contributed by atoms with Crippen molar-refractivity contribution in [3.63, 3.8) is 0 Å². The highest BCUT2D eigenvalue weighted by Gasteiger charge is 2.21. The first kappa shape index (κ1) is 15.0. The van der Waals surface area contributed by atoms with Crippen LogP contribution in [0, 0.1) is 0 Å². The molecule has 0 saturated carbocycles. The van der Waals surface area contributed by atoms with Gasteiger partial charge in [0, 0.05) is 15.1 Å². The van der Waals surface area contributed by atoms with Gasteiger partial charge in [-0.25, -0.2) is 4.98 Å². The van der Waals surface area contributed by atoms with Crippen LogP contribution in [-0.4, -0.2) is 29.3 Å². The van der Waals surface area contributed by atoms with Crippen LogP contribution < -0.4 is 9.47 Å². The summed E-state index contributed by atoms with van der Waals surface area (Å²) in [5, 5.41) is 10.9. The lowest BCUT2D eigenvalue weighted by molar-refractivity contribution is 0.206. The molecule has 0 bridgehead atoms. The number of hydrogen-bond acceptors (Lipinski definition) is 5. The van der Waals surface area contributed by atoms with Crippen LogP contribution >= 0.6 is 27.5 Å². The van der Waals surface area contributed by atoms with Gasteiger partial charge in [-0.15, -0.1) is 0 Å². The number of ether oxygens (including phenoxy) is 2. The molecule has 1 aromatic heterocycles. The molecule has 106 valence electrons. The van der Waals surface area contributed by atoms with Crippen LogP contribution in [0.15, 0.2) is 28.9 Å². The standard InChI is InChI=1S/C13H12BrClN2O3/c1-19-10-6-16-11(13(17-10)20-2)12(18)8-5-7(14)3-4-9(8)15/h3-6,12,18H,1-2H3. The van der Waals surface area contributed by atoms with Crippen molar-refractivity contribution < 1.29 is 14.6 Å². The Balaban J connectivity index is 2.47. The van der Waals surface area contributed by atoms with Crippen molar-refractivity contribution in [3.05, 3.63) is 45.1 Å². The molecule has 2 rings (SSSR count). The van der Waals surface area contributed by atoms with E-state index in [9.17, 15) is 5.11 Å². The summed E-state index contributed by atoms with van der Waals surface area (Å²) >= 11 is 9.44. The summed E-state index contributed by atoms with van der Waals surface area (Å²) in [6.45, 7) is 0. The Kier molecular flexibility index (Phi) is 4.80. The highest BCUT2D eigenvalue weighted by Crippen LogP contribution is 2.33. The van der Waals surface area contributed by atoms with Gasteiger partial charge >= 0.3 is 0 Å². The molecule has 20 heavy (non-hydrogen) atoms. The second-order valence-electron chi connectivity index (χ2n) is 3.88. The highest BCUT2D eigenvalue weighted by molar-refractivity contribution is 9.10. The average Bonchev–Trinajstić information content (AvgIpc) is 2.48. The van der Waals surface area contributed by atoms with Gasteiger partial charge in [0.1, 0.15) is 11.8 Å². The van der Waals surface area contributed by atoms with Crippen LogP contribution in [0.3, 0.4) is 0 Å².